The summed E-state index contributed by atoms with van der Waals surface area (Å²) < 4.78 is 0. The third-order valence-electron chi connectivity index (χ3n) is 2.36. The van der Waals surface area contributed by atoms with E-state index in [0.717, 1.165) is 12.1 Å². The number of rotatable bonds is 5. The molecule has 0 spiro atoms. The third-order valence-corrected chi connectivity index (χ3v) is 2.68. The highest BCUT2D eigenvalue weighted by Crippen LogP contribution is 2.22. The summed E-state index contributed by atoms with van der Waals surface area (Å²) in [5, 5.41) is 21.7. The van der Waals surface area contributed by atoms with Crippen LogP contribution in [0.15, 0.2) is 18.2 Å². The molecule has 1 aromatic carbocycles. The van der Waals surface area contributed by atoms with E-state index < -0.39 is 0 Å². The molecule has 1 rings (SSSR count). The molecule has 3 nitrogen and oxygen atoms in total. The van der Waals surface area contributed by atoms with Gasteiger partial charge < -0.3 is 10.4 Å². The van der Waals surface area contributed by atoms with E-state index in [1.54, 1.807) is 18.2 Å². The number of aliphatic hydroxyl groups is 1. The summed E-state index contributed by atoms with van der Waals surface area (Å²) in [7, 11) is 0. The zero-order valence-corrected chi connectivity index (χ0v) is 9.96. The van der Waals surface area contributed by atoms with Gasteiger partial charge in [0, 0.05) is 6.54 Å². The van der Waals surface area contributed by atoms with Gasteiger partial charge in [-0.2, -0.15) is 5.26 Å². The van der Waals surface area contributed by atoms with Gasteiger partial charge in [-0.05, 0) is 31.0 Å². The fourth-order valence-electron chi connectivity index (χ4n) is 1.31. The van der Waals surface area contributed by atoms with E-state index in [9.17, 15) is 5.11 Å². The summed E-state index contributed by atoms with van der Waals surface area (Å²) in [4.78, 5) is 0. The first kappa shape index (κ1) is 12.8. The standard InChI is InChI=1S/C12H15ClN2O/c1-2-10(16)5-6-15-12-4-3-9(8-14)7-11(12)13/h3-4,7,10,15-16H,2,5-6H2,1H3. The van der Waals surface area contributed by atoms with Crippen LogP contribution in [0.4, 0.5) is 5.69 Å². The van der Waals surface area contributed by atoms with Crippen LogP contribution in [-0.2, 0) is 0 Å². The average Bonchev–Trinajstić information content (AvgIpc) is 2.30. The Morgan fingerprint density at radius 3 is 2.88 bits per heavy atom. The Morgan fingerprint density at radius 1 is 1.56 bits per heavy atom. The number of anilines is 1. The molecule has 0 bridgehead atoms. The van der Waals surface area contributed by atoms with Gasteiger partial charge in [0.15, 0.2) is 0 Å². The summed E-state index contributed by atoms with van der Waals surface area (Å²) in [5.74, 6) is 0. The van der Waals surface area contributed by atoms with E-state index in [1.165, 1.54) is 0 Å². The van der Waals surface area contributed by atoms with Crippen LogP contribution >= 0.6 is 11.6 Å². The van der Waals surface area contributed by atoms with Crippen LogP contribution in [0.2, 0.25) is 5.02 Å². The molecule has 0 aliphatic heterocycles. The average molecular weight is 239 g/mol. The number of hydrogen-bond acceptors (Lipinski definition) is 3. The second kappa shape index (κ2) is 6.37. The first-order valence-electron chi connectivity index (χ1n) is 5.29. The highest BCUT2D eigenvalue weighted by Gasteiger charge is 2.03. The Balaban J connectivity index is 2.52. The van der Waals surface area contributed by atoms with Crippen molar-refractivity contribution in [2.24, 2.45) is 0 Å². The van der Waals surface area contributed by atoms with Crippen molar-refractivity contribution in [3.63, 3.8) is 0 Å². The molecular weight excluding hydrogens is 224 g/mol. The minimum Gasteiger partial charge on any atom is -0.393 e. The molecule has 0 amide bonds. The molecule has 86 valence electrons. The number of benzene rings is 1. The van der Waals surface area contributed by atoms with Crippen LogP contribution in [0, 0.1) is 11.3 Å². The van der Waals surface area contributed by atoms with Crippen molar-refractivity contribution in [3.05, 3.63) is 28.8 Å². The second-order valence-corrected chi connectivity index (χ2v) is 3.99. The number of nitriles is 1. The minimum atomic E-state index is -0.273. The van der Waals surface area contributed by atoms with Crippen molar-refractivity contribution in [1.29, 1.82) is 5.26 Å². The van der Waals surface area contributed by atoms with Crippen molar-refractivity contribution in [2.45, 2.75) is 25.9 Å². The van der Waals surface area contributed by atoms with Gasteiger partial charge in [-0.1, -0.05) is 18.5 Å². The Labute approximate surface area is 101 Å². The molecule has 0 saturated carbocycles. The van der Waals surface area contributed by atoms with Crippen molar-refractivity contribution in [3.8, 4) is 6.07 Å². The van der Waals surface area contributed by atoms with Gasteiger partial charge >= 0.3 is 0 Å². The molecule has 1 unspecified atom stereocenters. The molecule has 0 saturated heterocycles. The van der Waals surface area contributed by atoms with Crippen LogP contribution in [0.5, 0.6) is 0 Å². The fourth-order valence-corrected chi connectivity index (χ4v) is 1.55. The Bertz CT molecular complexity index is 387. The zero-order chi connectivity index (χ0) is 12.0. The van der Waals surface area contributed by atoms with E-state index in [0.29, 0.717) is 23.6 Å². The summed E-state index contributed by atoms with van der Waals surface area (Å²) in [5.41, 5.74) is 1.34. The SMILES string of the molecule is CCC(O)CCNc1ccc(C#N)cc1Cl. The Hall–Kier alpha value is -1.24. The summed E-state index contributed by atoms with van der Waals surface area (Å²) in [6, 6.07) is 7.14. The number of nitrogens with one attached hydrogen (secondary N) is 1. The number of halogens is 1. The Kier molecular flexibility index (Phi) is 5.10. The maximum absolute atomic E-state index is 9.37. The summed E-state index contributed by atoms with van der Waals surface area (Å²) in [6.07, 6.45) is 1.17. The van der Waals surface area contributed by atoms with Gasteiger partial charge in [-0.3, -0.25) is 0 Å². The molecule has 1 aromatic rings. The summed E-state index contributed by atoms with van der Waals surface area (Å²) >= 11 is 5.98. The monoisotopic (exact) mass is 238 g/mol. The molecule has 0 aliphatic carbocycles. The number of nitrogens with zero attached hydrogens (tertiary/aromatic N) is 1. The maximum atomic E-state index is 9.37. The van der Waals surface area contributed by atoms with Gasteiger partial charge in [0.1, 0.15) is 0 Å². The lowest BCUT2D eigenvalue weighted by molar-refractivity contribution is 0.164. The molecule has 4 heteroatoms. The first-order chi connectivity index (χ1) is 7.67. The van der Waals surface area contributed by atoms with Crippen molar-refractivity contribution in [1.82, 2.24) is 0 Å². The van der Waals surface area contributed by atoms with Crippen molar-refractivity contribution >= 4 is 17.3 Å². The molecule has 0 heterocycles. The van der Waals surface area contributed by atoms with Crippen LogP contribution in [0.1, 0.15) is 25.3 Å². The van der Waals surface area contributed by atoms with Gasteiger partial charge in [0.2, 0.25) is 0 Å². The van der Waals surface area contributed by atoms with Crippen molar-refractivity contribution < 1.29 is 5.11 Å². The fraction of sp³-hybridized carbons (Fsp3) is 0.417. The quantitative estimate of drug-likeness (QED) is 0.830. The van der Waals surface area contributed by atoms with Crippen LogP contribution in [0.25, 0.3) is 0 Å². The molecule has 0 fully saturated rings. The number of aliphatic hydroxyl groups excluding tert-OH is 1. The van der Waals surface area contributed by atoms with Gasteiger partial charge in [-0.25, -0.2) is 0 Å². The predicted molar refractivity (Wildman–Crippen MR) is 65.6 cm³/mol. The molecule has 2 N–H and O–H groups in total. The van der Waals surface area contributed by atoms with E-state index in [4.69, 9.17) is 16.9 Å². The zero-order valence-electron chi connectivity index (χ0n) is 9.20. The van der Waals surface area contributed by atoms with Gasteiger partial charge in [-0.15, -0.1) is 0 Å². The van der Waals surface area contributed by atoms with Crippen LogP contribution in [-0.4, -0.2) is 17.8 Å². The topological polar surface area (TPSA) is 56.0 Å². The molecule has 0 radical (unpaired) electrons. The lowest BCUT2D eigenvalue weighted by Crippen LogP contribution is -2.12. The largest absolute Gasteiger partial charge is 0.393 e. The smallest absolute Gasteiger partial charge is 0.0992 e. The highest BCUT2D eigenvalue weighted by atomic mass is 35.5. The minimum absolute atomic E-state index is 0.273. The van der Waals surface area contributed by atoms with Gasteiger partial charge in [0.05, 0.1) is 28.4 Å². The van der Waals surface area contributed by atoms with E-state index >= 15 is 0 Å². The first-order valence-corrected chi connectivity index (χ1v) is 5.66. The molecule has 1 atom stereocenters. The van der Waals surface area contributed by atoms with Gasteiger partial charge in [0.25, 0.3) is 0 Å². The molecule has 0 aliphatic rings. The highest BCUT2D eigenvalue weighted by molar-refractivity contribution is 6.33. The van der Waals surface area contributed by atoms with Crippen LogP contribution in [0.3, 0.4) is 0 Å². The Morgan fingerprint density at radius 2 is 2.31 bits per heavy atom. The van der Waals surface area contributed by atoms with Crippen LogP contribution < -0.4 is 5.32 Å². The lowest BCUT2D eigenvalue weighted by atomic mass is 10.2. The maximum Gasteiger partial charge on any atom is 0.0992 e. The predicted octanol–water partition coefficient (Wildman–Crippen LogP) is 2.78. The molecule has 16 heavy (non-hydrogen) atoms. The van der Waals surface area contributed by atoms with E-state index in [1.807, 2.05) is 13.0 Å². The normalized spacial score (nSPS) is 11.9. The van der Waals surface area contributed by atoms with E-state index in [-0.39, 0.29) is 6.10 Å². The second-order valence-electron chi connectivity index (χ2n) is 3.58. The number of hydrogen-bond donors (Lipinski definition) is 2. The molecular formula is C12H15ClN2O. The van der Waals surface area contributed by atoms with E-state index in [2.05, 4.69) is 5.32 Å². The van der Waals surface area contributed by atoms with Crippen molar-refractivity contribution in [2.75, 3.05) is 11.9 Å². The third kappa shape index (κ3) is 3.73. The summed E-state index contributed by atoms with van der Waals surface area (Å²) in [6.45, 7) is 2.61. The lowest BCUT2D eigenvalue weighted by Gasteiger charge is -2.11. The molecule has 0 aromatic heterocycles.